The van der Waals surface area contributed by atoms with Gasteiger partial charge in [0.1, 0.15) is 4.88 Å². The maximum atomic E-state index is 12.6. The smallest absolute Gasteiger partial charge is 0.265 e. The molecule has 3 heterocycles. The summed E-state index contributed by atoms with van der Waals surface area (Å²) in [7, 11) is 0. The number of nitrogens with zero attached hydrogens (tertiary/aromatic N) is 3. The average Bonchev–Trinajstić information content (AvgIpc) is 3.06. The van der Waals surface area contributed by atoms with Gasteiger partial charge in [0.2, 0.25) is 0 Å². The fraction of sp³-hybridized carbons (Fsp3) is 0.500. The average molecular weight is 329 g/mol. The summed E-state index contributed by atoms with van der Waals surface area (Å²) in [6.45, 7) is 5.89. The fourth-order valence-corrected chi connectivity index (χ4v) is 3.85. The van der Waals surface area contributed by atoms with Crippen LogP contribution in [0.5, 0.6) is 0 Å². The molecule has 0 atom stereocenters. The molecular weight excluding hydrogens is 306 g/mol. The first kappa shape index (κ1) is 16.1. The monoisotopic (exact) mass is 329 g/mol. The minimum absolute atomic E-state index is 0.144. The van der Waals surface area contributed by atoms with Crippen LogP contribution in [-0.2, 0) is 6.42 Å². The lowest BCUT2D eigenvalue weighted by Crippen LogP contribution is -2.38. The highest BCUT2D eigenvalue weighted by Crippen LogP contribution is 2.25. The molecule has 1 aliphatic heterocycles. The van der Waals surface area contributed by atoms with Crippen molar-refractivity contribution >= 4 is 17.2 Å². The summed E-state index contributed by atoms with van der Waals surface area (Å²) in [5.41, 5.74) is 1.15. The van der Waals surface area contributed by atoms with E-state index in [1.807, 2.05) is 23.2 Å². The molecule has 122 valence electrons. The van der Waals surface area contributed by atoms with Crippen LogP contribution in [0, 0.1) is 5.92 Å². The Bertz CT molecular complexity index is 645. The maximum Gasteiger partial charge on any atom is 0.265 e. The second-order valence-corrected chi connectivity index (χ2v) is 7.54. The van der Waals surface area contributed by atoms with Gasteiger partial charge in [-0.1, -0.05) is 19.9 Å². The van der Waals surface area contributed by atoms with Crippen LogP contribution in [0.25, 0.3) is 0 Å². The van der Waals surface area contributed by atoms with Gasteiger partial charge in [0.25, 0.3) is 5.91 Å². The Hall–Kier alpha value is -1.75. The van der Waals surface area contributed by atoms with E-state index in [4.69, 9.17) is 0 Å². The number of thiazole rings is 1. The number of carbonyl (C=O) groups is 1. The van der Waals surface area contributed by atoms with Crippen LogP contribution in [0.2, 0.25) is 0 Å². The first-order valence-electron chi connectivity index (χ1n) is 8.28. The molecule has 0 aliphatic carbocycles. The van der Waals surface area contributed by atoms with E-state index in [9.17, 15) is 4.79 Å². The van der Waals surface area contributed by atoms with Crippen LogP contribution in [0.4, 0.5) is 0 Å². The van der Waals surface area contributed by atoms with Gasteiger partial charge in [-0.25, -0.2) is 4.98 Å². The molecule has 0 radical (unpaired) electrons. The Morgan fingerprint density at radius 2 is 2.09 bits per heavy atom. The van der Waals surface area contributed by atoms with Crippen LogP contribution >= 0.6 is 11.3 Å². The number of aromatic nitrogens is 2. The third kappa shape index (κ3) is 3.96. The minimum Gasteiger partial charge on any atom is -0.338 e. The normalized spacial score (nSPS) is 16.0. The molecule has 4 nitrogen and oxygen atoms in total. The van der Waals surface area contributed by atoms with Crippen LogP contribution in [0.1, 0.15) is 53.0 Å². The third-order valence-electron chi connectivity index (χ3n) is 4.35. The van der Waals surface area contributed by atoms with Crippen molar-refractivity contribution in [3.63, 3.8) is 0 Å². The summed E-state index contributed by atoms with van der Waals surface area (Å²) in [5.74, 6) is 1.15. The number of amides is 1. The van der Waals surface area contributed by atoms with E-state index in [-0.39, 0.29) is 5.91 Å². The van der Waals surface area contributed by atoms with Crippen molar-refractivity contribution in [1.82, 2.24) is 14.9 Å². The summed E-state index contributed by atoms with van der Waals surface area (Å²) in [4.78, 5) is 24.1. The quantitative estimate of drug-likeness (QED) is 0.858. The van der Waals surface area contributed by atoms with E-state index >= 15 is 0 Å². The van der Waals surface area contributed by atoms with Gasteiger partial charge in [-0.05, 0) is 37.3 Å². The van der Waals surface area contributed by atoms with Gasteiger partial charge in [0.05, 0.1) is 11.2 Å². The maximum absolute atomic E-state index is 12.6. The second kappa shape index (κ2) is 7.21. The van der Waals surface area contributed by atoms with Gasteiger partial charge in [-0.3, -0.25) is 9.78 Å². The van der Waals surface area contributed by atoms with Crippen molar-refractivity contribution in [2.45, 2.75) is 39.0 Å². The molecule has 2 aromatic heterocycles. The lowest BCUT2D eigenvalue weighted by atomic mass is 9.92. The van der Waals surface area contributed by atoms with Gasteiger partial charge >= 0.3 is 0 Å². The lowest BCUT2D eigenvalue weighted by Gasteiger charge is -2.31. The van der Waals surface area contributed by atoms with Crippen molar-refractivity contribution in [3.05, 3.63) is 46.2 Å². The molecule has 2 aromatic rings. The molecular formula is C18H23N3OS. The molecule has 23 heavy (non-hydrogen) atoms. The predicted octanol–water partition coefficient (Wildman–Crippen LogP) is 3.76. The van der Waals surface area contributed by atoms with Crippen LogP contribution < -0.4 is 0 Å². The molecule has 0 unspecified atom stereocenters. The Morgan fingerprint density at radius 1 is 1.30 bits per heavy atom. The van der Waals surface area contributed by atoms with Gasteiger partial charge in [0.15, 0.2) is 0 Å². The molecule has 1 aliphatic rings. The second-order valence-electron chi connectivity index (χ2n) is 6.48. The standard InChI is InChI=1S/C18H23N3OS/c1-13(2)17-20-12-16(23-17)18(22)21-9-6-14(7-10-21)11-15-5-3-4-8-19-15/h3-5,8,12-14H,6-7,9-11H2,1-2H3. The lowest BCUT2D eigenvalue weighted by molar-refractivity contribution is 0.0695. The Labute approximate surface area is 141 Å². The summed E-state index contributed by atoms with van der Waals surface area (Å²) in [6.07, 6.45) is 6.71. The Kier molecular flexibility index (Phi) is 5.06. The number of hydrogen-bond donors (Lipinski definition) is 0. The fourth-order valence-electron chi connectivity index (χ4n) is 2.96. The zero-order chi connectivity index (χ0) is 16.2. The minimum atomic E-state index is 0.144. The van der Waals surface area contributed by atoms with E-state index in [2.05, 4.69) is 29.9 Å². The van der Waals surface area contributed by atoms with Gasteiger partial charge in [-0.15, -0.1) is 11.3 Å². The molecule has 0 saturated carbocycles. The van der Waals surface area contributed by atoms with Gasteiger partial charge in [0, 0.05) is 30.9 Å². The highest BCUT2D eigenvalue weighted by atomic mass is 32.1. The number of likely N-dealkylation sites (tertiary alicyclic amines) is 1. The van der Waals surface area contributed by atoms with Crippen molar-refractivity contribution in [2.75, 3.05) is 13.1 Å². The SMILES string of the molecule is CC(C)c1ncc(C(=O)N2CCC(Cc3ccccn3)CC2)s1. The molecule has 0 N–H and O–H groups in total. The largest absolute Gasteiger partial charge is 0.338 e. The van der Waals surface area contributed by atoms with Crippen molar-refractivity contribution in [2.24, 2.45) is 5.92 Å². The zero-order valence-electron chi connectivity index (χ0n) is 13.7. The molecule has 1 amide bonds. The van der Waals surface area contributed by atoms with Crippen molar-refractivity contribution in [1.29, 1.82) is 0 Å². The first-order chi connectivity index (χ1) is 11.1. The van der Waals surface area contributed by atoms with E-state index in [0.29, 0.717) is 11.8 Å². The van der Waals surface area contributed by atoms with Crippen LogP contribution in [-0.4, -0.2) is 33.9 Å². The number of piperidine rings is 1. The molecule has 3 rings (SSSR count). The number of hydrogen-bond acceptors (Lipinski definition) is 4. The van der Waals surface area contributed by atoms with E-state index in [1.54, 1.807) is 6.20 Å². The summed E-state index contributed by atoms with van der Waals surface area (Å²) >= 11 is 1.53. The number of rotatable bonds is 4. The highest BCUT2D eigenvalue weighted by molar-refractivity contribution is 7.13. The predicted molar refractivity (Wildman–Crippen MR) is 92.8 cm³/mol. The zero-order valence-corrected chi connectivity index (χ0v) is 14.6. The molecule has 0 aromatic carbocycles. The van der Waals surface area contributed by atoms with Crippen molar-refractivity contribution in [3.8, 4) is 0 Å². The van der Waals surface area contributed by atoms with E-state index in [0.717, 1.165) is 47.9 Å². The summed E-state index contributed by atoms with van der Waals surface area (Å²) < 4.78 is 0. The number of pyridine rings is 1. The van der Waals surface area contributed by atoms with Crippen LogP contribution in [0.15, 0.2) is 30.6 Å². The highest BCUT2D eigenvalue weighted by Gasteiger charge is 2.25. The topological polar surface area (TPSA) is 46.1 Å². The Morgan fingerprint density at radius 3 is 2.70 bits per heavy atom. The summed E-state index contributed by atoms with van der Waals surface area (Å²) in [5, 5.41) is 1.04. The molecule has 0 bridgehead atoms. The van der Waals surface area contributed by atoms with Crippen LogP contribution in [0.3, 0.4) is 0 Å². The molecule has 5 heteroatoms. The van der Waals surface area contributed by atoms with Gasteiger partial charge < -0.3 is 4.90 Å². The third-order valence-corrected chi connectivity index (χ3v) is 5.64. The number of carbonyl (C=O) groups excluding carboxylic acids is 1. The van der Waals surface area contributed by atoms with Crippen molar-refractivity contribution < 1.29 is 4.79 Å². The van der Waals surface area contributed by atoms with E-state index in [1.165, 1.54) is 11.3 Å². The first-order valence-corrected chi connectivity index (χ1v) is 9.10. The van der Waals surface area contributed by atoms with E-state index < -0.39 is 0 Å². The summed E-state index contributed by atoms with van der Waals surface area (Å²) in [6, 6.07) is 6.07. The molecule has 1 fully saturated rings. The Balaban J connectivity index is 1.54. The molecule has 0 spiro atoms. The molecule has 1 saturated heterocycles. The van der Waals surface area contributed by atoms with Gasteiger partial charge in [-0.2, -0.15) is 0 Å².